The molecule has 182 valence electrons. The smallest absolute Gasteiger partial charge is 0.244 e. The van der Waals surface area contributed by atoms with Crippen molar-refractivity contribution in [2.24, 2.45) is 0 Å². The van der Waals surface area contributed by atoms with E-state index in [0.717, 1.165) is 24.8 Å². The first-order valence-electron chi connectivity index (χ1n) is 12.6. The molecule has 5 nitrogen and oxygen atoms in total. The first kappa shape index (κ1) is 28.3. The van der Waals surface area contributed by atoms with Crippen LogP contribution in [-0.4, -0.2) is 46.1 Å². The molecule has 0 aliphatic heterocycles. The van der Waals surface area contributed by atoms with Crippen molar-refractivity contribution in [3.8, 4) is 0 Å². The van der Waals surface area contributed by atoms with Gasteiger partial charge in [-0.1, -0.05) is 114 Å². The van der Waals surface area contributed by atoms with Crippen molar-refractivity contribution in [3.63, 3.8) is 0 Å². The number of aliphatic hydroxyl groups excluding tert-OH is 3. The highest BCUT2D eigenvalue weighted by Crippen LogP contribution is 2.14. The van der Waals surface area contributed by atoms with Gasteiger partial charge in [0.2, 0.25) is 5.91 Å². The fourth-order valence-electron chi connectivity index (χ4n) is 3.84. The van der Waals surface area contributed by atoms with Gasteiger partial charge in [-0.05, 0) is 18.1 Å². The summed E-state index contributed by atoms with van der Waals surface area (Å²) in [6.45, 7) is 1.82. The molecule has 0 aromatic heterocycles. The van der Waals surface area contributed by atoms with E-state index < -0.39 is 30.8 Å². The average molecular weight is 448 g/mol. The Bertz CT molecular complexity index is 605. The molecule has 0 fully saturated rings. The third-order valence-electron chi connectivity index (χ3n) is 5.91. The maximum atomic E-state index is 12.1. The monoisotopic (exact) mass is 447 g/mol. The summed E-state index contributed by atoms with van der Waals surface area (Å²) in [7, 11) is 0. The number of benzene rings is 1. The van der Waals surface area contributed by atoms with Crippen LogP contribution in [0.2, 0.25) is 0 Å². The number of carbonyl (C=O) groups is 1. The van der Waals surface area contributed by atoms with Crippen LogP contribution in [0.25, 0.3) is 6.08 Å². The van der Waals surface area contributed by atoms with E-state index in [-0.39, 0.29) is 0 Å². The number of amides is 1. The number of unbranched alkanes of at least 4 members (excludes halogenated alkanes) is 11. The Morgan fingerprint density at radius 3 is 1.94 bits per heavy atom. The van der Waals surface area contributed by atoms with E-state index in [1.807, 2.05) is 30.3 Å². The SMILES string of the molecule is CCCCCCCCCCCCCC[C@@H](O)[C@@H](O)[C@H](CO)NC(=O)/C=C/c1ccccc1. The second kappa shape index (κ2) is 18.8. The number of nitrogens with one attached hydrogen (secondary N) is 1. The van der Waals surface area contributed by atoms with Crippen molar-refractivity contribution < 1.29 is 20.1 Å². The van der Waals surface area contributed by atoms with Crippen LogP contribution < -0.4 is 5.32 Å². The lowest BCUT2D eigenvalue weighted by Gasteiger charge is -2.26. The summed E-state index contributed by atoms with van der Waals surface area (Å²) in [4.78, 5) is 12.1. The molecule has 0 aliphatic rings. The van der Waals surface area contributed by atoms with Gasteiger partial charge in [-0.3, -0.25) is 4.79 Å². The first-order chi connectivity index (χ1) is 15.6. The van der Waals surface area contributed by atoms with E-state index in [2.05, 4.69) is 12.2 Å². The van der Waals surface area contributed by atoms with Gasteiger partial charge in [0, 0.05) is 6.08 Å². The van der Waals surface area contributed by atoms with Gasteiger partial charge in [-0.25, -0.2) is 0 Å². The Hall–Kier alpha value is -1.69. The molecule has 1 amide bonds. The van der Waals surface area contributed by atoms with Gasteiger partial charge in [0.1, 0.15) is 6.10 Å². The van der Waals surface area contributed by atoms with Gasteiger partial charge in [-0.15, -0.1) is 0 Å². The van der Waals surface area contributed by atoms with Crippen molar-refractivity contribution in [2.45, 2.75) is 109 Å². The van der Waals surface area contributed by atoms with Gasteiger partial charge in [0.05, 0.1) is 18.8 Å². The lowest BCUT2D eigenvalue weighted by molar-refractivity contribution is -0.119. The fourth-order valence-corrected chi connectivity index (χ4v) is 3.84. The lowest BCUT2D eigenvalue weighted by Crippen LogP contribution is -2.50. The highest BCUT2D eigenvalue weighted by Gasteiger charge is 2.26. The first-order valence-corrected chi connectivity index (χ1v) is 12.6. The van der Waals surface area contributed by atoms with Crippen LogP contribution in [0.4, 0.5) is 0 Å². The summed E-state index contributed by atoms with van der Waals surface area (Å²) in [5.41, 5.74) is 0.885. The van der Waals surface area contributed by atoms with E-state index in [9.17, 15) is 20.1 Å². The molecule has 0 aliphatic carbocycles. The predicted molar refractivity (Wildman–Crippen MR) is 132 cm³/mol. The molecular formula is C27H45NO4. The topological polar surface area (TPSA) is 89.8 Å². The van der Waals surface area contributed by atoms with E-state index in [1.165, 1.54) is 63.9 Å². The van der Waals surface area contributed by atoms with Crippen molar-refractivity contribution in [1.29, 1.82) is 0 Å². The summed E-state index contributed by atoms with van der Waals surface area (Å²) in [5.74, 6) is -0.412. The highest BCUT2D eigenvalue weighted by molar-refractivity contribution is 5.91. The summed E-state index contributed by atoms with van der Waals surface area (Å²) in [5, 5.41) is 32.7. The normalized spacial score (nSPS) is 14.4. The molecule has 32 heavy (non-hydrogen) atoms. The summed E-state index contributed by atoms with van der Waals surface area (Å²) in [6.07, 6.45) is 16.2. The molecule has 0 unspecified atom stereocenters. The Morgan fingerprint density at radius 2 is 1.41 bits per heavy atom. The molecule has 3 atom stereocenters. The molecule has 0 saturated heterocycles. The van der Waals surface area contributed by atoms with Crippen LogP contribution in [0.5, 0.6) is 0 Å². The third-order valence-corrected chi connectivity index (χ3v) is 5.91. The molecule has 5 heteroatoms. The third kappa shape index (κ3) is 13.7. The second-order valence-corrected chi connectivity index (χ2v) is 8.78. The Labute approximate surface area is 194 Å². The minimum atomic E-state index is -1.19. The van der Waals surface area contributed by atoms with Crippen LogP contribution in [0.3, 0.4) is 0 Å². The van der Waals surface area contributed by atoms with E-state index in [4.69, 9.17) is 0 Å². The quantitative estimate of drug-likeness (QED) is 0.178. The molecule has 1 aromatic rings. The minimum Gasteiger partial charge on any atom is -0.394 e. The molecule has 1 rings (SSSR count). The Morgan fingerprint density at radius 1 is 0.875 bits per heavy atom. The van der Waals surface area contributed by atoms with E-state index in [0.29, 0.717) is 6.42 Å². The fraction of sp³-hybridized carbons (Fsp3) is 0.667. The molecule has 1 aromatic carbocycles. The van der Waals surface area contributed by atoms with Crippen LogP contribution in [0.1, 0.15) is 96.0 Å². The number of hydrogen-bond acceptors (Lipinski definition) is 4. The van der Waals surface area contributed by atoms with Gasteiger partial charge in [-0.2, -0.15) is 0 Å². The standard InChI is InChI=1S/C27H45NO4/c1-2-3-4-5-6-7-8-9-10-11-12-16-19-25(30)27(32)24(22-29)28-26(31)21-20-23-17-14-13-15-18-23/h13-15,17-18,20-21,24-25,27,29-30,32H,2-12,16,19,22H2,1H3,(H,28,31)/b21-20+/t24-,25+,27-/m0/s1. The lowest BCUT2D eigenvalue weighted by atomic mass is 9.99. The molecule has 0 saturated carbocycles. The largest absolute Gasteiger partial charge is 0.394 e. The zero-order chi connectivity index (χ0) is 23.4. The van der Waals surface area contributed by atoms with Gasteiger partial charge < -0.3 is 20.6 Å². The van der Waals surface area contributed by atoms with Gasteiger partial charge >= 0.3 is 0 Å². The van der Waals surface area contributed by atoms with Crippen molar-refractivity contribution in [1.82, 2.24) is 5.32 Å². The van der Waals surface area contributed by atoms with E-state index >= 15 is 0 Å². The van der Waals surface area contributed by atoms with E-state index in [1.54, 1.807) is 6.08 Å². The van der Waals surface area contributed by atoms with Crippen LogP contribution in [0.15, 0.2) is 36.4 Å². The highest BCUT2D eigenvalue weighted by atomic mass is 16.3. The summed E-state index contributed by atoms with van der Waals surface area (Å²) >= 11 is 0. The van der Waals surface area contributed by atoms with Crippen LogP contribution in [0, 0.1) is 0 Å². The molecule has 0 bridgehead atoms. The molecule has 0 radical (unpaired) electrons. The Kier molecular flexibility index (Phi) is 16.7. The van der Waals surface area contributed by atoms with Crippen LogP contribution in [-0.2, 0) is 4.79 Å². The predicted octanol–water partition coefficient (Wildman–Crippen LogP) is 4.99. The van der Waals surface area contributed by atoms with Crippen molar-refractivity contribution >= 4 is 12.0 Å². The molecule has 4 N–H and O–H groups in total. The molecule has 0 spiro atoms. The van der Waals surface area contributed by atoms with Gasteiger partial charge in [0.25, 0.3) is 0 Å². The van der Waals surface area contributed by atoms with Gasteiger partial charge in [0.15, 0.2) is 0 Å². The molecular weight excluding hydrogens is 402 g/mol. The number of carbonyl (C=O) groups excluding carboxylic acids is 1. The zero-order valence-electron chi connectivity index (χ0n) is 19.9. The summed E-state index contributed by atoms with van der Waals surface area (Å²) in [6, 6.07) is 8.51. The Balaban J connectivity index is 2.14. The van der Waals surface area contributed by atoms with Crippen molar-refractivity contribution in [3.05, 3.63) is 42.0 Å². The van der Waals surface area contributed by atoms with Crippen LogP contribution >= 0.6 is 0 Å². The number of hydrogen-bond donors (Lipinski definition) is 4. The number of rotatable bonds is 19. The number of aliphatic hydroxyl groups is 3. The zero-order valence-corrected chi connectivity index (χ0v) is 19.9. The van der Waals surface area contributed by atoms with Crippen molar-refractivity contribution in [2.75, 3.05) is 6.61 Å². The maximum absolute atomic E-state index is 12.1. The molecule has 0 heterocycles. The second-order valence-electron chi connectivity index (χ2n) is 8.78. The minimum absolute atomic E-state index is 0.412. The average Bonchev–Trinajstić information content (AvgIpc) is 2.82. The maximum Gasteiger partial charge on any atom is 0.244 e. The summed E-state index contributed by atoms with van der Waals surface area (Å²) < 4.78 is 0.